The Bertz CT molecular complexity index is 1360. The van der Waals surface area contributed by atoms with E-state index in [1.807, 2.05) is 49.4 Å². The standard InChI is InChI=1S/C26H29ClN6O2.CH2O/c1-26(2)16-33(14-24(34)31-11-18-5-3-4-7-29-18)19(15-35-26)12-30-22-10-17(27)9-21-20-6-8-28-13-23(20)32-25(21)22;1-2/h3-10,13,19,30,32H,11-12,14-16H2,1-2H3,(H,31,34);1H2/t19-;/m1./s1. The molecule has 0 saturated carbocycles. The number of carbonyl (C=O) groups is 2. The lowest BCUT2D eigenvalue weighted by Gasteiger charge is -2.43. The molecule has 3 aromatic heterocycles. The maximum atomic E-state index is 12.8. The van der Waals surface area contributed by atoms with Crippen LogP contribution >= 0.6 is 11.6 Å². The molecule has 1 fully saturated rings. The van der Waals surface area contributed by atoms with Gasteiger partial charge in [0.15, 0.2) is 0 Å². The number of nitrogens with one attached hydrogen (secondary N) is 3. The highest BCUT2D eigenvalue weighted by atomic mass is 35.5. The van der Waals surface area contributed by atoms with Crippen LogP contribution in [-0.2, 0) is 20.9 Å². The molecular weight excluding hydrogens is 492 g/mol. The van der Waals surface area contributed by atoms with Crippen LogP contribution < -0.4 is 10.6 Å². The highest BCUT2D eigenvalue weighted by molar-refractivity contribution is 6.32. The number of hydrogen-bond acceptors (Lipinski definition) is 7. The van der Waals surface area contributed by atoms with Crippen molar-refractivity contribution in [2.24, 2.45) is 0 Å². The summed E-state index contributed by atoms with van der Waals surface area (Å²) in [5.41, 5.74) is 3.36. The van der Waals surface area contributed by atoms with Crippen LogP contribution in [0.15, 0.2) is 55.0 Å². The number of fused-ring (bicyclic) bond motifs is 3. The first-order chi connectivity index (χ1) is 17.9. The average Bonchev–Trinajstić information content (AvgIpc) is 3.27. The van der Waals surface area contributed by atoms with Crippen molar-refractivity contribution in [2.75, 3.05) is 31.6 Å². The normalized spacial score (nSPS) is 17.2. The summed E-state index contributed by atoms with van der Waals surface area (Å²) < 4.78 is 6.10. The maximum Gasteiger partial charge on any atom is 0.234 e. The third-order valence-electron chi connectivity index (χ3n) is 6.31. The van der Waals surface area contributed by atoms with Crippen LogP contribution in [0.1, 0.15) is 19.5 Å². The van der Waals surface area contributed by atoms with Crippen molar-refractivity contribution in [2.45, 2.75) is 32.0 Å². The van der Waals surface area contributed by atoms with Gasteiger partial charge < -0.3 is 25.1 Å². The van der Waals surface area contributed by atoms with Gasteiger partial charge in [0.1, 0.15) is 6.79 Å². The molecule has 1 atom stereocenters. The van der Waals surface area contributed by atoms with E-state index in [1.54, 1.807) is 12.4 Å². The van der Waals surface area contributed by atoms with E-state index in [2.05, 4.69) is 44.3 Å². The van der Waals surface area contributed by atoms with Gasteiger partial charge in [0.05, 0.1) is 60.0 Å². The fraction of sp³-hybridized carbons (Fsp3) is 0.333. The predicted molar refractivity (Wildman–Crippen MR) is 146 cm³/mol. The number of morpholine rings is 1. The third-order valence-corrected chi connectivity index (χ3v) is 6.53. The molecule has 10 heteroatoms. The van der Waals surface area contributed by atoms with Gasteiger partial charge in [-0.05, 0) is 44.2 Å². The van der Waals surface area contributed by atoms with E-state index < -0.39 is 0 Å². The van der Waals surface area contributed by atoms with Gasteiger partial charge >= 0.3 is 0 Å². The molecule has 1 saturated heterocycles. The van der Waals surface area contributed by atoms with Crippen LogP contribution in [-0.4, -0.2) is 70.4 Å². The van der Waals surface area contributed by atoms with Crippen LogP contribution in [0, 0.1) is 0 Å². The van der Waals surface area contributed by atoms with Crippen molar-refractivity contribution in [3.8, 4) is 0 Å². The van der Waals surface area contributed by atoms with Crippen LogP contribution in [0.4, 0.5) is 5.69 Å². The second kappa shape index (κ2) is 11.7. The van der Waals surface area contributed by atoms with E-state index in [9.17, 15) is 4.79 Å². The number of anilines is 1. The van der Waals surface area contributed by atoms with Crippen molar-refractivity contribution < 1.29 is 14.3 Å². The Hall–Kier alpha value is -3.53. The number of amides is 1. The first-order valence-electron chi connectivity index (χ1n) is 12.0. The first-order valence-corrected chi connectivity index (χ1v) is 12.4. The van der Waals surface area contributed by atoms with Crippen LogP contribution in [0.25, 0.3) is 21.8 Å². The lowest BCUT2D eigenvalue weighted by molar-refractivity contribution is -0.133. The number of hydrogen-bond donors (Lipinski definition) is 3. The smallest absolute Gasteiger partial charge is 0.234 e. The Morgan fingerprint density at radius 1 is 1.24 bits per heavy atom. The fourth-order valence-electron chi connectivity index (χ4n) is 4.58. The summed E-state index contributed by atoms with van der Waals surface area (Å²) in [5.74, 6) is -0.0355. The molecule has 1 aliphatic heterocycles. The molecule has 194 valence electrons. The van der Waals surface area contributed by atoms with Crippen molar-refractivity contribution in [3.63, 3.8) is 0 Å². The lowest BCUT2D eigenvalue weighted by Crippen LogP contribution is -2.58. The Balaban J connectivity index is 0.00000156. The molecule has 0 spiro atoms. The molecule has 0 bridgehead atoms. The Morgan fingerprint density at radius 3 is 2.86 bits per heavy atom. The summed E-state index contributed by atoms with van der Waals surface area (Å²) >= 11 is 6.46. The monoisotopic (exact) mass is 522 g/mol. The quantitative estimate of drug-likeness (QED) is 0.338. The number of H-pyrrole nitrogens is 1. The third kappa shape index (κ3) is 6.43. The number of carbonyl (C=O) groups excluding carboxylic acids is 2. The minimum atomic E-state index is -0.328. The van der Waals surface area contributed by atoms with Crippen molar-refractivity contribution in [1.82, 2.24) is 25.2 Å². The van der Waals surface area contributed by atoms with Crippen LogP contribution in [0.3, 0.4) is 0 Å². The van der Waals surface area contributed by atoms with Crippen molar-refractivity contribution in [1.29, 1.82) is 0 Å². The van der Waals surface area contributed by atoms with Gasteiger partial charge in [0, 0.05) is 41.3 Å². The second-order valence-electron chi connectivity index (χ2n) is 9.53. The summed E-state index contributed by atoms with van der Waals surface area (Å²) in [6, 6.07) is 11.6. The summed E-state index contributed by atoms with van der Waals surface area (Å²) in [5, 5.41) is 9.31. The van der Waals surface area contributed by atoms with Gasteiger partial charge in [0.2, 0.25) is 5.91 Å². The number of pyridine rings is 2. The van der Waals surface area contributed by atoms with Gasteiger partial charge in [-0.1, -0.05) is 17.7 Å². The zero-order valence-corrected chi connectivity index (χ0v) is 21.7. The van der Waals surface area contributed by atoms with Crippen LogP contribution in [0.2, 0.25) is 5.02 Å². The van der Waals surface area contributed by atoms with E-state index in [0.29, 0.717) is 31.3 Å². The average molecular weight is 523 g/mol. The number of rotatable bonds is 7. The van der Waals surface area contributed by atoms with E-state index in [-0.39, 0.29) is 24.1 Å². The number of benzene rings is 1. The van der Waals surface area contributed by atoms with E-state index in [1.165, 1.54) is 0 Å². The minimum absolute atomic E-state index is 0.0173. The Labute approximate surface area is 220 Å². The van der Waals surface area contributed by atoms with E-state index >= 15 is 0 Å². The van der Waals surface area contributed by atoms with Gasteiger partial charge in [-0.2, -0.15) is 0 Å². The van der Waals surface area contributed by atoms with Gasteiger partial charge in [-0.25, -0.2) is 0 Å². The molecule has 0 aliphatic carbocycles. The summed E-state index contributed by atoms with van der Waals surface area (Å²) in [4.78, 5) is 34.9. The lowest BCUT2D eigenvalue weighted by atomic mass is 10.0. The summed E-state index contributed by atoms with van der Waals surface area (Å²) in [6.07, 6.45) is 5.32. The number of nitrogens with zero attached hydrogens (tertiary/aromatic N) is 3. The highest BCUT2D eigenvalue weighted by Gasteiger charge is 2.34. The van der Waals surface area contributed by atoms with Crippen LogP contribution in [0.5, 0.6) is 0 Å². The largest absolute Gasteiger partial charge is 0.382 e. The van der Waals surface area contributed by atoms with Gasteiger partial charge in [-0.15, -0.1) is 0 Å². The minimum Gasteiger partial charge on any atom is -0.382 e. The summed E-state index contributed by atoms with van der Waals surface area (Å²) in [7, 11) is 0. The number of aromatic amines is 1. The SMILES string of the molecule is C=O.CC1(C)CN(CC(=O)NCc2ccccn2)[C@H](CNc2cc(Cl)cc3c2[nH]c2cnccc23)CO1. The fourth-order valence-corrected chi connectivity index (χ4v) is 4.80. The molecule has 1 aliphatic rings. The topological polar surface area (TPSA) is 112 Å². The molecule has 37 heavy (non-hydrogen) atoms. The molecule has 9 nitrogen and oxygen atoms in total. The maximum absolute atomic E-state index is 12.8. The van der Waals surface area contributed by atoms with Gasteiger partial charge in [-0.3, -0.25) is 19.7 Å². The molecule has 4 heterocycles. The molecule has 0 radical (unpaired) electrons. The molecule has 3 N–H and O–H groups in total. The Morgan fingerprint density at radius 2 is 2.08 bits per heavy atom. The van der Waals surface area contributed by atoms with Crippen molar-refractivity contribution in [3.05, 3.63) is 65.7 Å². The molecule has 0 unspecified atom stereocenters. The number of aromatic nitrogens is 3. The highest BCUT2D eigenvalue weighted by Crippen LogP contribution is 2.33. The zero-order chi connectivity index (χ0) is 26.4. The molecule has 5 rings (SSSR count). The van der Waals surface area contributed by atoms with E-state index in [0.717, 1.165) is 33.2 Å². The predicted octanol–water partition coefficient (Wildman–Crippen LogP) is 3.79. The first kappa shape index (κ1) is 26.5. The number of halogens is 1. The van der Waals surface area contributed by atoms with E-state index in [4.69, 9.17) is 21.1 Å². The molecule has 1 amide bonds. The number of ether oxygens (including phenoxy) is 1. The summed E-state index contributed by atoms with van der Waals surface area (Å²) in [6.45, 7) is 8.57. The molecule has 4 aromatic rings. The zero-order valence-electron chi connectivity index (χ0n) is 21.0. The van der Waals surface area contributed by atoms with Crippen molar-refractivity contribution >= 4 is 51.8 Å². The molecular formula is C27H31ClN6O3. The Kier molecular flexibility index (Phi) is 8.38. The molecule has 1 aromatic carbocycles. The van der Waals surface area contributed by atoms with Gasteiger partial charge in [0.25, 0.3) is 0 Å². The second-order valence-corrected chi connectivity index (χ2v) is 9.97.